The number of ether oxygens (including phenoxy) is 1. The van der Waals surface area contributed by atoms with Crippen LogP contribution in [0.1, 0.15) is 32.6 Å². The minimum atomic E-state index is -1.72. The lowest BCUT2D eigenvalue weighted by Gasteiger charge is -2.41. The van der Waals surface area contributed by atoms with Crippen molar-refractivity contribution >= 4 is 24.7 Å². The number of benzene rings is 4. The highest BCUT2D eigenvalue weighted by molar-refractivity contribution is 6.60. The van der Waals surface area contributed by atoms with Gasteiger partial charge in [0.1, 0.15) is 28.5 Å². The minimum Gasteiger partial charge on any atom is -0.508 e. The van der Waals surface area contributed by atoms with Crippen LogP contribution in [-0.4, -0.2) is 44.5 Å². The van der Waals surface area contributed by atoms with Crippen molar-refractivity contribution in [1.82, 2.24) is 5.01 Å². The lowest BCUT2D eigenvalue weighted by atomic mass is 9.75. The lowest BCUT2D eigenvalue weighted by molar-refractivity contribution is 0.0675. The maximum Gasteiger partial charge on any atom is 0.489 e. The Balaban J connectivity index is 1.66. The molecule has 1 amide bonds. The summed E-state index contributed by atoms with van der Waals surface area (Å²) in [6, 6.07) is 23.1. The first-order valence-electron chi connectivity index (χ1n) is 11.2. The molecule has 0 bridgehead atoms. The highest BCUT2D eigenvalue weighted by Gasteiger charge is 2.57. The van der Waals surface area contributed by atoms with Crippen molar-refractivity contribution in [2.45, 2.75) is 5.54 Å². The predicted octanol–water partition coefficient (Wildman–Crippen LogP) is 2.67. The topological polar surface area (TPSA) is 123 Å². The van der Waals surface area contributed by atoms with Crippen molar-refractivity contribution in [3.05, 3.63) is 113 Å². The second kappa shape index (κ2) is 7.98. The Hall–Kier alpha value is -4.60. The third-order valence-electron chi connectivity index (χ3n) is 6.57. The number of carbonyl (C=O) groups excluding carboxylic acids is 1. The van der Waals surface area contributed by atoms with Crippen LogP contribution in [0.25, 0.3) is 0 Å². The highest BCUT2D eigenvalue weighted by Crippen LogP contribution is 2.58. The number of aromatic hydroxyl groups is 2. The number of rotatable bonds is 3. The van der Waals surface area contributed by atoms with E-state index in [0.717, 1.165) is 0 Å². The van der Waals surface area contributed by atoms with Gasteiger partial charge in [0, 0.05) is 34.4 Å². The average molecular weight is 478 g/mol. The molecule has 176 valence electrons. The molecule has 8 nitrogen and oxygen atoms in total. The number of phenols is 2. The molecule has 36 heavy (non-hydrogen) atoms. The zero-order chi connectivity index (χ0) is 25.0. The zero-order valence-corrected chi connectivity index (χ0v) is 18.7. The largest absolute Gasteiger partial charge is 0.508 e. The molecule has 4 aromatic carbocycles. The second-order valence-electron chi connectivity index (χ2n) is 8.58. The molecule has 6 rings (SSSR count). The first-order chi connectivity index (χ1) is 17.4. The molecule has 2 heterocycles. The Kier molecular flexibility index (Phi) is 4.85. The Morgan fingerprint density at radius 1 is 0.806 bits per heavy atom. The fourth-order valence-electron chi connectivity index (χ4n) is 5.06. The number of hydrogen-bond acceptors (Lipinski definition) is 7. The van der Waals surface area contributed by atoms with E-state index in [1.54, 1.807) is 48.5 Å². The molecular weight excluding hydrogens is 459 g/mol. The normalized spacial score (nSPS) is 14.9. The van der Waals surface area contributed by atoms with Crippen LogP contribution in [0.4, 0.5) is 0 Å². The molecule has 0 saturated carbocycles. The van der Waals surface area contributed by atoms with E-state index in [1.165, 1.54) is 35.5 Å². The van der Waals surface area contributed by atoms with Gasteiger partial charge in [0.15, 0.2) is 0 Å². The molecule has 2 aliphatic heterocycles. The van der Waals surface area contributed by atoms with E-state index in [2.05, 4.69) is 5.10 Å². The van der Waals surface area contributed by atoms with Gasteiger partial charge in [-0.3, -0.25) is 4.79 Å². The number of hydrogen-bond donors (Lipinski definition) is 4. The molecule has 0 saturated heterocycles. The first-order valence-corrected chi connectivity index (χ1v) is 11.2. The quantitative estimate of drug-likeness (QED) is 0.265. The Morgan fingerprint density at radius 2 is 1.42 bits per heavy atom. The molecule has 4 N–H and O–H groups in total. The summed E-state index contributed by atoms with van der Waals surface area (Å²) in [4.78, 5) is 13.8. The summed E-state index contributed by atoms with van der Waals surface area (Å²) in [6.45, 7) is 0. The van der Waals surface area contributed by atoms with Crippen LogP contribution in [0.2, 0.25) is 0 Å². The van der Waals surface area contributed by atoms with Crippen molar-refractivity contribution in [1.29, 1.82) is 0 Å². The summed E-state index contributed by atoms with van der Waals surface area (Å²) < 4.78 is 6.06. The van der Waals surface area contributed by atoms with E-state index in [4.69, 9.17) is 4.74 Å². The summed E-state index contributed by atoms with van der Waals surface area (Å²) in [5, 5.41) is 45.9. The molecule has 0 fully saturated rings. The smallest absolute Gasteiger partial charge is 0.489 e. The molecule has 0 unspecified atom stereocenters. The fourth-order valence-corrected chi connectivity index (χ4v) is 5.06. The predicted molar refractivity (Wildman–Crippen MR) is 133 cm³/mol. The number of amides is 1. The van der Waals surface area contributed by atoms with Gasteiger partial charge < -0.3 is 25.0 Å². The van der Waals surface area contributed by atoms with Gasteiger partial charge in [0.05, 0.1) is 6.21 Å². The lowest BCUT2D eigenvalue weighted by Crippen LogP contribution is -2.44. The van der Waals surface area contributed by atoms with Crippen LogP contribution in [0.15, 0.2) is 90.0 Å². The standard InChI is InChI=1S/C27H19BN2O6/c31-17-9-11-21-24(13-17)36-25-14-18(32)10-12-22(25)27(21)20-7-3-2-6-19(20)26(33)30(27)29-15-16-5-1-4-8-23(16)28(34)35/h1-15,31-32,34-35H/b29-15+. The highest BCUT2D eigenvalue weighted by atomic mass is 16.5. The van der Waals surface area contributed by atoms with Crippen molar-refractivity contribution in [2.75, 3.05) is 0 Å². The molecule has 0 aromatic heterocycles. The fraction of sp³-hybridized carbons (Fsp3) is 0.0370. The van der Waals surface area contributed by atoms with Crippen molar-refractivity contribution in [3.8, 4) is 23.0 Å². The van der Waals surface area contributed by atoms with Gasteiger partial charge in [-0.2, -0.15) is 5.10 Å². The van der Waals surface area contributed by atoms with Gasteiger partial charge in [-0.1, -0.05) is 42.5 Å². The van der Waals surface area contributed by atoms with E-state index in [1.807, 2.05) is 12.1 Å². The van der Waals surface area contributed by atoms with E-state index in [9.17, 15) is 25.1 Å². The van der Waals surface area contributed by atoms with E-state index in [-0.39, 0.29) is 22.9 Å². The number of phenolic OH excluding ortho intramolecular Hbond substituents is 2. The summed E-state index contributed by atoms with van der Waals surface area (Å²) in [6.07, 6.45) is 1.41. The zero-order valence-electron chi connectivity index (χ0n) is 18.7. The van der Waals surface area contributed by atoms with Gasteiger partial charge in [-0.05, 0) is 41.4 Å². The molecule has 2 aliphatic rings. The SMILES string of the molecule is O=C1c2ccccc2C2(c3ccc(O)cc3Oc3cc(O)ccc32)N1/N=C/c1ccccc1B(O)O. The maximum absolute atomic E-state index is 13.8. The Morgan fingerprint density at radius 3 is 2.08 bits per heavy atom. The number of carbonyl (C=O) groups is 1. The van der Waals surface area contributed by atoms with E-state index in [0.29, 0.717) is 39.3 Å². The van der Waals surface area contributed by atoms with Crippen LogP contribution >= 0.6 is 0 Å². The molecular formula is C27H19BN2O6. The summed E-state index contributed by atoms with van der Waals surface area (Å²) in [5.74, 6) is 0.203. The molecule has 0 aliphatic carbocycles. The van der Waals surface area contributed by atoms with Gasteiger partial charge in [-0.15, -0.1) is 0 Å². The van der Waals surface area contributed by atoms with Crippen LogP contribution in [0, 0.1) is 0 Å². The Bertz CT molecular complexity index is 1520. The third kappa shape index (κ3) is 3.04. The van der Waals surface area contributed by atoms with Gasteiger partial charge >= 0.3 is 7.12 Å². The van der Waals surface area contributed by atoms with Gasteiger partial charge in [0.2, 0.25) is 0 Å². The first kappa shape index (κ1) is 21.9. The summed E-state index contributed by atoms with van der Waals surface area (Å²) >= 11 is 0. The maximum atomic E-state index is 13.8. The molecule has 4 aromatic rings. The monoisotopic (exact) mass is 478 g/mol. The Labute approximate surface area is 206 Å². The van der Waals surface area contributed by atoms with Crippen molar-refractivity contribution < 1.29 is 29.8 Å². The summed E-state index contributed by atoms with van der Waals surface area (Å²) in [5.41, 5.74) is 1.63. The number of fused-ring (bicyclic) bond motifs is 6. The van der Waals surface area contributed by atoms with Crippen LogP contribution in [0.5, 0.6) is 23.0 Å². The van der Waals surface area contributed by atoms with E-state index >= 15 is 0 Å². The van der Waals surface area contributed by atoms with Gasteiger partial charge in [0.25, 0.3) is 5.91 Å². The van der Waals surface area contributed by atoms with Gasteiger partial charge in [-0.25, -0.2) is 5.01 Å². The average Bonchev–Trinajstić information content (AvgIpc) is 3.11. The van der Waals surface area contributed by atoms with Crippen molar-refractivity contribution in [3.63, 3.8) is 0 Å². The van der Waals surface area contributed by atoms with Crippen LogP contribution in [-0.2, 0) is 5.54 Å². The molecule has 0 radical (unpaired) electrons. The van der Waals surface area contributed by atoms with E-state index < -0.39 is 12.7 Å². The van der Waals surface area contributed by atoms with Crippen LogP contribution < -0.4 is 10.2 Å². The number of hydrazone groups is 1. The third-order valence-corrected chi connectivity index (χ3v) is 6.57. The van der Waals surface area contributed by atoms with Crippen LogP contribution in [0.3, 0.4) is 0 Å². The second-order valence-corrected chi connectivity index (χ2v) is 8.58. The van der Waals surface area contributed by atoms with Crippen molar-refractivity contribution in [2.24, 2.45) is 5.10 Å². The molecule has 1 spiro atoms. The minimum absolute atomic E-state index is 0.0222. The summed E-state index contributed by atoms with van der Waals surface area (Å²) in [7, 11) is -1.72. The number of nitrogens with zero attached hydrogens (tertiary/aromatic N) is 2. The molecule has 0 atom stereocenters. The molecule has 9 heteroatoms.